The first-order chi connectivity index (χ1) is 5.37. The first-order valence-electron chi connectivity index (χ1n) is 3.54. The van der Waals surface area contributed by atoms with E-state index in [1.54, 1.807) is 0 Å². The zero-order valence-electron chi connectivity index (χ0n) is 7.52. The van der Waals surface area contributed by atoms with E-state index in [9.17, 15) is 0 Å². The molecule has 0 amide bonds. The van der Waals surface area contributed by atoms with Crippen LogP contribution >= 0.6 is 24.8 Å². The van der Waals surface area contributed by atoms with Crippen LogP contribution in [-0.4, -0.2) is 56.2 Å². The molecule has 8 heteroatoms. The summed E-state index contributed by atoms with van der Waals surface area (Å²) >= 11 is 0. The summed E-state index contributed by atoms with van der Waals surface area (Å²) < 4.78 is 0. The van der Waals surface area contributed by atoms with Crippen molar-refractivity contribution in [1.82, 2.24) is 0 Å². The molecule has 0 aliphatic heterocycles. The summed E-state index contributed by atoms with van der Waals surface area (Å²) in [5.74, 6) is 0. The van der Waals surface area contributed by atoms with Crippen LogP contribution in [0, 0.1) is 0 Å². The summed E-state index contributed by atoms with van der Waals surface area (Å²) in [4.78, 5) is 0. The highest BCUT2D eigenvalue weighted by atomic mass is 35.5. The summed E-state index contributed by atoms with van der Waals surface area (Å²) in [7, 11) is 0. The summed E-state index contributed by atoms with van der Waals surface area (Å²) in [6.07, 6.45) is -7.71. The average molecular weight is 254 g/mol. The van der Waals surface area contributed by atoms with Gasteiger partial charge < -0.3 is 31.3 Å². The van der Waals surface area contributed by atoms with E-state index >= 15 is 0 Å². The van der Waals surface area contributed by atoms with Gasteiger partial charge in [-0.25, -0.2) is 0 Å². The zero-order valence-corrected chi connectivity index (χ0v) is 9.15. The molecule has 0 aromatic carbocycles. The maximum absolute atomic E-state index is 9.03. The van der Waals surface area contributed by atoms with Crippen LogP contribution in [0.4, 0.5) is 0 Å². The molecule has 0 heterocycles. The minimum atomic E-state index is -1.67. The maximum Gasteiger partial charge on any atom is 0.131 e. The normalized spacial score (nSPS) is 20.8. The Morgan fingerprint density at radius 2 is 1.14 bits per heavy atom. The third kappa shape index (κ3) is 5.94. The van der Waals surface area contributed by atoms with Crippen LogP contribution in [0.5, 0.6) is 0 Å². The topological polar surface area (TPSA) is 127 Å². The van der Waals surface area contributed by atoms with Crippen molar-refractivity contribution in [3.05, 3.63) is 0 Å². The Kier molecular flexibility index (Phi) is 12.2. The summed E-state index contributed by atoms with van der Waals surface area (Å²) in [6.45, 7) is 1.24. The maximum atomic E-state index is 9.03. The number of hydrogen-bond donors (Lipinski definition) is 6. The predicted molar refractivity (Wildman–Crippen MR) is 54.4 cm³/mol. The van der Waals surface area contributed by atoms with Crippen molar-refractivity contribution in [3.8, 4) is 0 Å². The highest BCUT2D eigenvalue weighted by molar-refractivity contribution is 5.85. The van der Waals surface area contributed by atoms with Gasteiger partial charge in [-0.15, -0.1) is 24.8 Å². The molecule has 90 valence electrons. The van der Waals surface area contributed by atoms with Crippen LogP contribution in [0.3, 0.4) is 0 Å². The van der Waals surface area contributed by atoms with Gasteiger partial charge in [-0.3, -0.25) is 0 Å². The molecule has 0 aliphatic carbocycles. The van der Waals surface area contributed by atoms with Crippen LogP contribution in [0.25, 0.3) is 0 Å². The third-order valence-electron chi connectivity index (χ3n) is 1.54. The highest BCUT2D eigenvalue weighted by Gasteiger charge is 2.30. The Hall–Kier alpha value is 0.340. The van der Waals surface area contributed by atoms with Gasteiger partial charge in [0.05, 0.1) is 6.10 Å². The molecule has 14 heavy (non-hydrogen) atoms. The monoisotopic (exact) mass is 253 g/mol. The van der Waals surface area contributed by atoms with Gasteiger partial charge >= 0.3 is 0 Å². The second-order valence-electron chi connectivity index (χ2n) is 2.70. The van der Waals surface area contributed by atoms with E-state index in [4.69, 9.17) is 31.3 Å². The highest BCUT2D eigenvalue weighted by Crippen LogP contribution is 2.05. The Labute approximate surface area is 94.2 Å². The van der Waals surface area contributed by atoms with E-state index in [-0.39, 0.29) is 24.8 Å². The zero-order chi connectivity index (χ0) is 9.89. The van der Waals surface area contributed by atoms with Gasteiger partial charge in [-0.05, 0) is 6.92 Å². The lowest BCUT2D eigenvalue weighted by molar-refractivity contribution is -0.129. The molecule has 0 aromatic rings. The number of nitrogens with two attached hydrogens (primary N) is 1. The van der Waals surface area contributed by atoms with E-state index < -0.39 is 30.6 Å². The van der Waals surface area contributed by atoms with Crippen molar-refractivity contribution in [3.63, 3.8) is 0 Å². The van der Waals surface area contributed by atoms with E-state index in [1.807, 2.05) is 0 Å². The van der Waals surface area contributed by atoms with Gasteiger partial charge in [0.15, 0.2) is 0 Å². The number of aliphatic hydroxyl groups is 5. The third-order valence-corrected chi connectivity index (χ3v) is 1.54. The standard InChI is InChI=1S/C6H15NO5.2ClH/c1-2(8)3(9)4(10)5(11)6(7)12;;/h2-6,8-12H,7H2,1H3;2*1H. The fourth-order valence-corrected chi connectivity index (χ4v) is 0.689. The Morgan fingerprint density at radius 1 is 0.786 bits per heavy atom. The minimum absolute atomic E-state index is 0. The molecule has 0 radical (unpaired) electrons. The largest absolute Gasteiger partial charge is 0.391 e. The van der Waals surface area contributed by atoms with Gasteiger partial charge in [0.25, 0.3) is 0 Å². The van der Waals surface area contributed by atoms with Gasteiger partial charge in [0.2, 0.25) is 0 Å². The molecule has 5 atom stereocenters. The Balaban J connectivity index is -0.000000605. The molecule has 0 saturated carbocycles. The fourth-order valence-electron chi connectivity index (χ4n) is 0.689. The lowest BCUT2D eigenvalue weighted by atomic mass is 10.0. The molecular formula is C6H17Cl2NO5. The van der Waals surface area contributed by atoms with E-state index in [0.29, 0.717) is 0 Å². The molecule has 0 fully saturated rings. The van der Waals surface area contributed by atoms with Crippen molar-refractivity contribution in [2.24, 2.45) is 5.73 Å². The van der Waals surface area contributed by atoms with E-state index in [1.165, 1.54) is 6.92 Å². The first-order valence-corrected chi connectivity index (χ1v) is 3.54. The van der Waals surface area contributed by atoms with Gasteiger partial charge in [0.1, 0.15) is 24.5 Å². The average Bonchev–Trinajstić information content (AvgIpc) is 2.00. The predicted octanol–water partition coefficient (Wildman–Crippen LogP) is -2.43. The number of halogens is 2. The molecule has 7 N–H and O–H groups in total. The number of hydrogen-bond acceptors (Lipinski definition) is 6. The van der Waals surface area contributed by atoms with Gasteiger partial charge in [0, 0.05) is 0 Å². The molecule has 0 bridgehead atoms. The molecular weight excluding hydrogens is 237 g/mol. The second kappa shape index (κ2) is 8.63. The van der Waals surface area contributed by atoms with Crippen LogP contribution in [0.1, 0.15) is 6.92 Å². The fraction of sp³-hybridized carbons (Fsp3) is 1.00. The van der Waals surface area contributed by atoms with Crippen LogP contribution in [0.15, 0.2) is 0 Å². The van der Waals surface area contributed by atoms with E-state index in [0.717, 1.165) is 0 Å². The van der Waals surface area contributed by atoms with Crippen molar-refractivity contribution in [1.29, 1.82) is 0 Å². The van der Waals surface area contributed by atoms with Crippen LogP contribution in [-0.2, 0) is 0 Å². The molecule has 0 aromatic heterocycles. The van der Waals surface area contributed by atoms with Crippen molar-refractivity contribution >= 4 is 24.8 Å². The Morgan fingerprint density at radius 3 is 1.36 bits per heavy atom. The summed E-state index contributed by atoms with van der Waals surface area (Å²) in [6, 6.07) is 0. The summed E-state index contributed by atoms with van der Waals surface area (Å²) in [5, 5.41) is 44.3. The van der Waals surface area contributed by atoms with Crippen molar-refractivity contribution in [2.75, 3.05) is 0 Å². The minimum Gasteiger partial charge on any atom is -0.391 e. The smallest absolute Gasteiger partial charge is 0.131 e. The lowest BCUT2D eigenvalue weighted by Crippen LogP contribution is -2.51. The quantitative estimate of drug-likeness (QED) is 0.310. The SMILES string of the molecule is CC(O)C(O)C(O)C(O)C(N)O.Cl.Cl. The van der Waals surface area contributed by atoms with Gasteiger partial charge in [-0.1, -0.05) is 0 Å². The molecule has 6 nitrogen and oxygen atoms in total. The van der Waals surface area contributed by atoms with Gasteiger partial charge in [-0.2, -0.15) is 0 Å². The number of aliphatic hydroxyl groups excluding tert-OH is 5. The second-order valence-corrected chi connectivity index (χ2v) is 2.70. The van der Waals surface area contributed by atoms with Crippen molar-refractivity contribution in [2.45, 2.75) is 37.6 Å². The first kappa shape index (κ1) is 19.8. The molecule has 0 saturated heterocycles. The van der Waals surface area contributed by atoms with Crippen molar-refractivity contribution < 1.29 is 25.5 Å². The van der Waals surface area contributed by atoms with Crippen LogP contribution < -0.4 is 5.73 Å². The molecule has 0 rings (SSSR count). The molecule has 5 unspecified atom stereocenters. The molecule has 0 spiro atoms. The van der Waals surface area contributed by atoms with E-state index in [2.05, 4.69) is 0 Å². The Bertz CT molecular complexity index is 123. The molecule has 0 aliphatic rings. The summed E-state index contributed by atoms with van der Waals surface area (Å²) in [5.41, 5.74) is 4.83. The number of rotatable bonds is 4. The van der Waals surface area contributed by atoms with Crippen LogP contribution in [0.2, 0.25) is 0 Å². The lowest BCUT2D eigenvalue weighted by Gasteiger charge is -2.25.